The van der Waals surface area contributed by atoms with Crippen molar-refractivity contribution in [3.05, 3.63) is 0 Å². The van der Waals surface area contributed by atoms with Gasteiger partial charge in [-0.25, -0.2) is 0 Å². The highest BCUT2D eigenvalue weighted by molar-refractivity contribution is 5.81. The van der Waals surface area contributed by atoms with Crippen LogP contribution in [0, 0.1) is 335 Å². The zero-order valence-corrected chi connectivity index (χ0v) is 74.3. The van der Waals surface area contributed by atoms with Crippen molar-refractivity contribution in [2.24, 2.45) is 335 Å². The molecule has 0 radical (unpaired) electrons. The summed E-state index contributed by atoms with van der Waals surface area (Å²) in [6.45, 7) is 24.7. The van der Waals surface area contributed by atoms with Crippen LogP contribution in [0.15, 0.2) is 0 Å². The molecule has 26 aliphatic carbocycles. The van der Waals surface area contributed by atoms with Crippen molar-refractivity contribution in [2.75, 3.05) is 52.9 Å². The minimum atomic E-state index is -0.0450. The number of carbonyl (C=O) groups is 7. The van der Waals surface area contributed by atoms with Crippen LogP contribution in [0.4, 0.5) is 0 Å². The maximum atomic E-state index is 12.2. The van der Waals surface area contributed by atoms with Crippen molar-refractivity contribution in [3.8, 4) is 0 Å². The fourth-order valence-corrected chi connectivity index (χ4v) is 47.1. The topological polar surface area (TPSA) is 204 Å². The lowest BCUT2D eigenvalue weighted by Crippen LogP contribution is -2.44. The number of hydrogen-bond donors (Lipinski definition) is 1. The van der Waals surface area contributed by atoms with Gasteiger partial charge in [-0.1, -0.05) is 55.4 Å². The summed E-state index contributed by atoms with van der Waals surface area (Å²) in [4.78, 5) is 82.9. The van der Waals surface area contributed by atoms with Crippen LogP contribution in [0.3, 0.4) is 0 Å². The predicted molar refractivity (Wildman–Crippen MR) is 444 cm³/mol. The fraction of sp³-hybridized carbons (Fsp3) is 0.934. The average molecular weight is 1660 g/mol. The Kier molecular flexibility index (Phi) is 16.9. The largest absolute Gasteiger partial charge is 0.465 e. The molecule has 26 saturated carbocycles. The van der Waals surface area contributed by atoms with Crippen molar-refractivity contribution in [1.82, 2.24) is 0 Å². The molecule has 0 aromatic carbocycles. The van der Waals surface area contributed by atoms with Crippen LogP contribution >= 0.6 is 0 Å². The molecule has 4 spiro atoms. The molecule has 7 heterocycles. The lowest BCUT2D eigenvalue weighted by molar-refractivity contribution is -0.151. The van der Waals surface area contributed by atoms with Crippen molar-refractivity contribution in [3.63, 3.8) is 0 Å². The second-order valence-corrected chi connectivity index (χ2v) is 52.1. The molecule has 121 heavy (non-hydrogen) atoms. The molecular weight excluding hydrogens is 1510 g/mol. The second-order valence-electron chi connectivity index (χ2n) is 52.1. The van der Waals surface area contributed by atoms with E-state index in [1.54, 1.807) is 0 Å². The SMILES string of the molecule is CC1C(CO)C2CC1C1C3CC(C4COC(=O)C43)C21.CC1C2CC(C1C)C1(CCOC1=O)C2.CC1CC2CC1C1C2C2CC1C1(COC(=O)C1)C2.CC1CC2CC1C1C3CC(C21)C1(CCOC1=O)C3.CC1CC2CC1C1C3CC(C21)C1(COC(=O)C1)C3.CC1CC2CC1C1C3CC(C4C(=O)OCC34)C21.CC1CC2CC1C1C3CC(C4COC(=O)C43)C21. The first kappa shape index (κ1) is 77.2. The second kappa shape index (κ2) is 26.5. The molecule has 33 rings (SSSR count). The van der Waals surface area contributed by atoms with E-state index in [4.69, 9.17) is 33.2 Å². The van der Waals surface area contributed by atoms with E-state index in [-0.39, 0.29) is 69.4 Å². The highest BCUT2D eigenvalue weighted by Crippen LogP contribution is 2.81. The van der Waals surface area contributed by atoms with Crippen LogP contribution in [0.1, 0.15) is 222 Å². The monoisotopic (exact) mass is 1660 g/mol. The van der Waals surface area contributed by atoms with Crippen LogP contribution in [-0.2, 0) is 66.7 Å². The van der Waals surface area contributed by atoms with Gasteiger partial charge in [-0.15, -0.1) is 0 Å². The van der Waals surface area contributed by atoms with Gasteiger partial charge in [0, 0.05) is 35.2 Å². The Hall–Kier alpha value is -3.75. The first-order chi connectivity index (χ1) is 58.4. The van der Waals surface area contributed by atoms with Crippen molar-refractivity contribution in [1.29, 1.82) is 0 Å². The third kappa shape index (κ3) is 10.0. The number of cyclic esters (lactones) is 7. The van der Waals surface area contributed by atoms with E-state index in [1.165, 1.54) is 135 Å². The lowest BCUT2D eigenvalue weighted by Gasteiger charge is -2.44. The van der Waals surface area contributed by atoms with Gasteiger partial charge in [0.25, 0.3) is 0 Å². The summed E-state index contributed by atoms with van der Waals surface area (Å²) in [7, 11) is 0. The van der Waals surface area contributed by atoms with Crippen LogP contribution in [-0.4, -0.2) is 99.7 Å². The summed E-state index contributed by atoms with van der Waals surface area (Å²) < 4.78 is 37.3. The zero-order valence-electron chi connectivity index (χ0n) is 74.3. The van der Waals surface area contributed by atoms with Gasteiger partial charge in [0.1, 0.15) is 0 Å². The lowest BCUT2D eigenvalue weighted by atomic mass is 9.59. The molecule has 7 aliphatic heterocycles. The van der Waals surface area contributed by atoms with Gasteiger partial charge in [0.2, 0.25) is 0 Å². The van der Waals surface area contributed by atoms with E-state index >= 15 is 0 Å². The summed E-state index contributed by atoms with van der Waals surface area (Å²) in [5.41, 5.74) is 0.514. The fourth-order valence-electron chi connectivity index (χ4n) is 47.1. The van der Waals surface area contributed by atoms with Gasteiger partial charge in [-0.05, 0) is 432 Å². The summed E-state index contributed by atoms with van der Waals surface area (Å²) >= 11 is 0. The smallest absolute Gasteiger partial charge is 0.312 e. The minimum absolute atomic E-state index is 0.0143. The van der Waals surface area contributed by atoms with Crippen LogP contribution in [0.5, 0.6) is 0 Å². The number of rotatable bonds is 1. The van der Waals surface area contributed by atoms with Gasteiger partial charge in [0.05, 0.1) is 87.7 Å². The molecule has 57 atom stereocenters. The van der Waals surface area contributed by atoms with Gasteiger partial charge in [-0.2, -0.15) is 0 Å². The Labute approximate surface area is 720 Å². The van der Waals surface area contributed by atoms with Crippen molar-refractivity contribution < 1.29 is 71.8 Å². The van der Waals surface area contributed by atoms with Crippen molar-refractivity contribution in [2.45, 2.75) is 222 Å². The van der Waals surface area contributed by atoms with E-state index < -0.39 is 0 Å². The van der Waals surface area contributed by atoms with Gasteiger partial charge in [-0.3, -0.25) is 33.6 Å². The molecule has 660 valence electrons. The summed E-state index contributed by atoms with van der Waals surface area (Å²) in [5, 5.41) is 9.70. The Balaban J connectivity index is 0.0000000745. The molecule has 0 amide bonds. The van der Waals surface area contributed by atoms with Crippen LogP contribution < -0.4 is 0 Å². The number of carbonyl (C=O) groups excluding carboxylic acids is 7. The minimum Gasteiger partial charge on any atom is -0.465 e. The van der Waals surface area contributed by atoms with Crippen LogP contribution in [0.2, 0.25) is 0 Å². The molecule has 57 unspecified atom stereocenters. The average Bonchev–Trinajstić information content (AvgIpc) is 1.54. The van der Waals surface area contributed by atoms with E-state index in [2.05, 4.69) is 55.4 Å². The Bertz CT molecular complexity index is 4320. The highest BCUT2D eigenvalue weighted by atomic mass is 16.6. The van der Waals surface area contributed by atoms with E-state index in [9.17, 15) is 38.7 Å². The molecule has 0 aromatic heterocycles. The molecule has 15 nitrogen and oxygen atoms in total. The first-order valence-corrected chi connectivity index (χ1v) is 52.2. The molecule has 33 fully saturated rings. The van der Waals surface area contributed by atoms with Gasteiger partial charge >= 0.3 is 41.8 Å². The predicted octanol–water partition coefficient (Wildman–Crippen LogP) is 17.1. The molecule has 26 bridgehead atoms. The van der Waals surface area contributed by atoms with Crippen LogP contribution in [0.25, 0.3) is 0 Å². The number of ether oxygens (including phenoxy) is 7. The zero-order chi connectivity index (χ0) is 81.6. The van der Waals surface area contributed by atoms with E-state index in [0.29, 0.717) is 97.4 Å². The highest BCUT2D eigenvalue weighted by Gasteiger charge is 2.78. The number of hydrogen-bond acceptors (Lipinski definition) is 15. The van der Waals surface area contributed by atoms with Crippen molar-refractivity contribution >= 4 is 41.8 Å². The maximum Gasteiger partial charge on any atom is 0.312 e. The molecule has 33 aliphatic rings. The number of aliphatic hydroxyl groups is 1. The molecule has 0 aromatic rings. The normalized spacial score (nSPS) is 63.6. The third-order valence-electron chi connectivity index (χ3n) is 49.9. The van der Waals surface area contributed by atoms with E-state index in [0.717, 1.165) is 295 Å². The van der Waals surface area contributed by atoms with Gasteiger partial charge < -0.3 is 38.3 Å². The Morgan fingerprint density at radius 2 is 0.636 bits per heavy atom. The summed E-state index contributed by atoms with van der Waals surface area (Å²) in [6.07, 6.45) is 34.0. The molecule has 1 N–H and O–H groups in total. The number of fused-ring (bicyclic) bond motifs is 69. The summed E-state index contributed by atoms with van der Waals surface area (Å²) in [5.74, 6) is 44.7. The first-order valence-electron chi connectivity index (χ1n) is 52.2. The quantitative estimate of drug-likeness (QED) is 0.147. The van der Waals surface area contributed by atoms with E-state index in [1.807, 2.05) is 0 Å². The Morgan fingerprint density at radius 1 is 0.281 bits per heavy atom. The third-order valence-corrected chi connectivity index (χ3v) is 49.9. The summed E-state index contributed by atoms with van der Waals surface area (Å²) in [6, 6.07) is 0. The van der Waals surface area contributed by atoms with Gasteiger partial charge in [0.15, 0.2) is 0 Å². The Morgan fingerprint density at radius 3 is 1.10 bits per heavy atom. The maximum absolute atomic E-state index is 12.2. The molecule has 7 saturated heterocycles. The molecule has 15 heteroatoms. The number of aliphatic hydroxyl groups excluding tert-OH is 1. The standard InChI is InChI=1S/C16H22O3.3C16H22O2.2C15H20O2.C12H18O2/c1-6-7-2-8(11(6)4-17)14-9-3-10(13(7)14)15-12(9)5-19-16(15)18;1-8-2-9-3-11(8)14-10-4-12(15(9)14)16(5-10)6-13(17)18-7-16;1-8-2-9-3-11(8)15-12-4-10(14(9)15)5-16(12)6-13(17)18-7-16;1-8-4-9-5-11(8)13-10-6-12(14(9)13)16(7-10)2-3-18-15(16)17;1-6-2-7-3-8(6)13-9-4-10(12(7)13)14-11(9)5-17-15(14)16;1-6-2-7-3-8(6)13-10-4-9(12(7)13)11-5-17-15(16)14(10)11;1-7-8(2)10-5-9(7)6-12(10)3-4-14-11(12)13/h6-15,17H,2-5H2,1H3;2*8-12,14-15H,2-7H2,1H3;8-14H,2-7H2,1H3;2*6-14H,2-5H2,1H3;7-10H,3-6H2,1-2H3. The molecular formula is C106H146O15. The number of esters is 7.